The van der Waals surface area contributed by atoms with E-state index in [1.807, 2.05) is 42.5 Å². The van der Waals surface area contributed by atoms with Crippen molar-refractivity contribution >= 4 is 17.8 Å². The van der Waals surface area contributed by atoms with Crippen molar-refractivity contribution in [3.05, 3.63) is 89.0 Å². The van der Waals surface area contributed by atoms with Crippen molar-refractivity contribution in [1.29, 1.82) is 0 Å². The highest BCUT2D eigenvalue weighted by molar-refractivity contribution is 5.98. The van der Waals surface area contributed by atoms with Crippen LogP contribution in [0.4, 0.5) is 0 Å². The first-order valence-corrected chi connectivity index (χ1v) is 12.1. The Labute approximate surface area is 212 Å². The van der Waals surface area contributed by atoms with Gasteiger partial charge in [0.15, 0.2) is 5.78 Å². The predicted octanol–water partition coefficient (Wildman–Crippen LogP) is 6.00. The maximum atomic E-state index is 12.5. The molecular weight excluding hydrogens is 454 g/mol. The van der Waals surface area contributed by atoms with Crippen molar-refractivity contribution < 1.29 is 24.2 Å². The molecule has 6 nitrogen and oxygen atoms in total. The summed E-state index contributed by atoms with van der Waals surface area (Å²) >= 11 is 0. The van der Waals surface area contributed by atoms with Gasteiger partial charge in [0, 0.05) is 23.2 Å². The fourth-order valence-corrected chi connectivity index (χ4v) is 3.69. The van der Waals surface area contributed by atoms with E-state index in [4.69, 9.17) is 9.47 Å². The zero-order valence-corrected chi connectivity index (χ0v) is 21.0. The summed E-state index contributed by atoms with van der Waals surface area (Å²) in [5, 5.41) is 12.4. The van der Waals surface area contributed by atoms with E-state index in [1.165, 1.54) is 0 Å². The Hall–Kier alpha value is -3.90. The molecule has 3 aromatic carbocycles. The number of hydrogen-bond donors (Lipinski definition) is 2. The molecule has 0 unspecified atom stereocenters. The quantitative estimate of drug-likeness (QED) is 0.175. The van der Waals surface area contributed by atoms with Crippen LogP contribution in [0.2, 0.25) is 0 Å². The Kier molecular flexibility index (Phi) is 9.83. The van der Waals surface area contributed by atoms with E-state index in [0.717, 1.165) is 35.1 Å². The number of unbranched alkanes of at least 4 members (excludes halogenated alkanes) is 1. The van der Waals surface area contributed by atoms with Crippen LogP contribution in [0.25, 0.3) is 17.2 Å². The third kappa shape index (κ3) is 7.55. The largest absolute Gasteiger partial charge is 0.497 e. The molecule has 36 heavy (non-hydrogen) atoms. The molecular formula is C30H33NO5. The third-order valence-electron chi connectivity index (χ3n) is 5.73. The summed E-state index contributed by atoms with van der Waals surface area (Å²) in [7, 11) is 1.58. The van der Waals surface area contributed by atoms with Crippen LogP contribution in [0.3, 0.4) is 0 Å². The monoisotopic (exact) mass is 487 g/mol. The number of methoxy groups -OCH3 is 1. The first-order valence-electron chi connectivity index (χ1n) is 12.1. The summed E-state index contributed by atoms with van der Waals surface area (Å²) in [6.07, 6.45) is 3.58. The maximum absolute atomic E-state index is 12.5. The van der Waals surface area contributed by atoms with Crippen LogP contribution in [-0.2, 0) is 11.3 Å². The van der Waals surface area contributed by atoms with Crippen LogP contribution in [0, 0.1) is 0 Å². The molecule has 0 spiro atoms. The molecule has 0 amide bonds. The fourth-order valence-electron chi connectivity index (χ4n) is 3.69. The van der Waals surface area contributed by atoms with Gasteiger partial charge in [0.05, 0.1) is 20.3 Å². The van der Waals surface area contributed by atoms with Crippen molar-refractivity contribution in [2.45, 2.75) is 33.2 Å². The lowest BCUT2D eigenvalue weighted by Gasteiger charge is -2.14. The van der Waals surface area contributed by atoms with Crippen molar-refractivity contribution in [2.24, 2.45) is 0 Å². The van der Waals surface area contributed by atoms with Crippen LogP contribution in [0.1, 0.15) is 48.2 Å². The Morgan fingerprint density at radius 3 is 2.58 bits per heavy atom. The Morgan fingerprint density at radius 1 is 1.03 bits per heavy atom. The van der Waals surface area contributed by atoms with Crippen LogP contribution in [-0.4, -0.2) is 37.1 Å². The second kappa shape index (κ2) is 13.3. The van der Waals surface area contributed by atoms with Crippen molar-refractivity contribution in [3.63, 3.8) is 0 Å². The summed E-state index contributed by atoms with van der Waals surface area (Å²) < 4.78 is 11.3. The van der Waals surface area contributed by atoms with Crippen molar-refractivity contribution in [1.82, 2.24) is 5.32 Å². The lowest BCUT2D eigenvalue weighted by atomic mass is 9.99. The molecule has 188 valence electrons. The lowest BCUT2D eigenvalue weighted by Crippen LogP contribution is -2.22. The Morgan fingerprint density at radius 2 is 1.83 bits per heavy atom. The van der Waals surface area contributed by atoms with Gasteiger partial charge < -0.3 is 19.9 Å². The summed E-state index contributed by atoms with van der Waals surface area (Å²) in [5.41, 5.74) is 4.61. The van der Waals surface area contributed by atoms with Gasteiger partial charge in [0.25, 0.3) is 0 Å². The average molecular weight is 488 g/mol. The summed E-state index contributed by atoms with van der Waals surface area (Å²) in [6.45, 7) is 5.02. The van der Waals surface area contributed by atoms with Gasteiger partial charge in [-0.15, -0.1) is 0 Å². The highest BCUT2D eigenvalue weighted by Gasteiger charge is 2.11. The Balaban J connectivity index is 1.75. The lowest BCUT2D eigenvalue weighted by molar-refractivity contribution is -0.132. The van der Waals surface area contributed by atoms with Gasteiger partial charge in [-0.3, -0.25) is 4.79 Å². The second-order valence-corrected chi connectivity index (χ2v) is 8.55. The standard InChI is InChI=1S/C30H33NO5/c1-4-5-14-36-29-17-22(15-21(2)30(33)34)12-13-27(29)24-9-6-8-23(16-24)19-31-20-28(32)25-10-7-11-26(18-25)35-3/h6-13,15-18,31H,4-5,14,19-20H2,1-3H3,(H,33,34). The number of aliphatic carboxylic acids is 1. The molecule has 0 radical (unpaired) electrons. The molecule has 0 saturated heterocycles. The highest BCUT2D eigenvalue weighted by atomic mass is 16.5. The number of Topliss-reactive ketones (excluding diaryl/α,β-unsaturated/α-hetero) is 1. The van der Waals surface area contributed by atoms with Gasteiger partial charge in [-0.2, -0.15) is 0 Å². The molecule has 0 aliphatic carbocycles. The SMILES string of the molecule is CCCCOc1cc(C=C(C)C(=O)O)ccc1-c1cccc(CNCC(=O)c2cccc(OC)c2)c1. The molecule has 0 saturated carbocycles. The zero-order chi connectivity index (χ0) is 25.9. The van der Waals surface area contributed by atoms with E-state index in [9.17, 15) is 14.7 Å². The van der Waals surface area contributed by atoms with E-state index in [-0.39, 0.29) is 17.9 Å². The van der Waals surface area contributed by atoms with Gasteiger partial charge in [0.1, 0.15) is 11.5 Å². The topological polar surface area (TPSA) is 84.9 Å². The molecule has 0 aromatic heterocycles. The minimum atomic E-state index is -0.947. The number of ketones is 1. The van der Waals surface area contributed by atoms with Crippen molar-refractivity contribution in [3.8, 4) is 22.6 Å². The average Bonchev–Trinajstić information content (AvgIpc) is 2.89. The number of nitrogens with one attached hydrogen (secondary N) is 1. The molecule has 0 fully saturated rings. The van der Waals surface area contributed by atoms with Crippen LogP contribution in [0.5, 0.6) is 11.5 Å². The minimum absolute atomic E-state index is 0.00281. The number of rotatable bonds is 13. The summed E-state index contributed by atoms with van der Waals surface area (Å²) in [6, 6.07) is 21.0. The third-order valence-corrected chi connectivity index (χ3v) is 5.73. The van der Waals surface area contributed by atoms with E-state index in [2.05, 4.69) is 18.3 Å². The number of carboxylic acid groups (broad SMARTS) is 1. The van der Waals surface area contributed by atoms with Gasteiger partial charge in [-0.05, 0) is 60.4 Å². The highest BCUT2D eigenvalue weighted by Crippen LogP contribution is 2.32. The van der Waals surface area contributed by atoms with Gasteiger partial charge >= 0.3 is 5.97 Å². The summed E-state index contributed by atoms with van der Waals surface area (Å²) in [4.78, 5) is 23.8. The molecule has 2 N–H and O–H groups in total. The number of benzene rings is 3. The van der Waals surface area contributed by atoms with E-state index >= 15 is 0 Å². The van der Waals surface area contributed by atoms with Gasteiger partial charge in [0.2, 0.25) is 0 Å². The minimum Gasteiger partial charge on any atom is -0.497 e. The molecule has 0 heterocycles. The van der Waals surface area contributed by atoms with Crippen LogP contribution < -0.4 is 14.8 Å². The number of ether oxygens (including phenoxy) is 2. The Bertz CT molecular complexity index is 1230. The van der Waals surface area contributed by atoms with E-state index in [1.54, 1.807) is 38.3 Å². The molecule has 3 aromatic rings. The first kappa shape index (κ1) is 26.7. The molecule has 0 bridgehead atoms. The number of carbonyl (C=O) groups excluding carboxylic acids is 1. The molecule has 0 aliphatic heterocycles. The van der Waals surface area contributed by atoms with Crippen molar-refractivity contribution in [2.75, 3.05) is 20.3 Å². The fraction of sp³-hybridized carbons (Fsp3) is 0.267. The number of carbonyl (C=O) groups is 2. The second-order valence-electron chi connectivity index (χ2n) is 8.55. The molecule has 0 aliphatic rings. The molecule has 0 atom stereocenters. The van der Waals surface area contributed by atoms with E-state index < -0.39 is 5.97 Å². The van der Waals surface area contributed by atoms with Gasteiger partial charge in [-0.25, -0.2) is 4.79 Å². The smallest absolute Gasteiger partial charge is 0.331 e. The van der Waals surface area contributed by atoms with Crippen LogP contribution >= 0.6 is 0 Å². The zero-order valence-electron chi connectivity index (χ0n) is 21.0. The number of hydrogen-bond acceptors (Lipinski definition) is 5. The van der Waals surface area contributed by atoms with Crippen LogP contribution in [0.15, 0.2) is 72.3 Å². The first-order chi connectivity index (χ1) is 17.4. The molecule has 3 rings (SSSR count). The van der Waals surface area contributed by atoms with E-state index in [0.29, 0.717) is 30.2 Å². The normalized spacial score (nSPS) is 11.2. The maximum Gasteiger partial charge on any atom is 0.331 e. The number of carboxylic acids is 1. The predicted molar refractivity (Wildman–Crippen MR) is 143 cm³/mol. The van der Waals surface area contributed by atoms with Gasteiger partial charge in [-0.1, -0.05) is 55.8 Å². The molecule has 6 heteroatoms. The summed E-state index contributed by atoms with van der Waals surface area (Å²) in [5.74, 6) is 0.424.